The average Bonchev–Trinajstić information content (AvgIpc) is 2.54. The van der Waals surface area contributed by atoms with Crippen LogP contribution < -0.4 is 15.6 Å². The summed E-state index contributed by atoms with van der Waals surface area (Å²) in [7, 11) is -3.16. The molecule has 0 saturated heterocycles. The fourth-order valence-corrected chi connectivity index (χ4v) is 2.55. The molecule has 0 aliphatic rings. The number of phenolic OH excluding ortho intramolecular Hbond substituents is 1. The van der Waals surface area contributed by atoms with Gasteiger partial charge in [0.2, 0.25) is 0 Å². The standard InChI is InChI=1S/C18H24B2O5/c1-11(2)13-5-7-17(21)15(9-13)20(24)25-18-8-6-14(12(3)4)10-16(18)19(22)23/h5-12,21-24H,1-4H3. The third-order valence-corrected chi connectivity index (χ3v) is 4.20. The van der Waals surface area contributed by atoms with E-state index in [9.17, 15) is 20.2 Å². The fraction of sp³-hybridized carbons (Fsp3) is 0.333. The summed E-state index contributed by atoms with van der Waals surface area (Å²) in [6.45, 7) is 8.00. The summed E-state index contributed by atoms with van der Waals surface area (Å²) in [6, 6.07) is 10.0. The number of phenols is 1. The molecule has 25 heavy (non-hydrogen) atoms. The third kappa shape index (κ3) is 4.57. The van der Waals surface area contributed by atoms with Crippen molar-refractivity contribution in [1.29, 1.82) is 0 Å². The molecule has 0 fully saturated rings. The van der Waals surface area contributed by atoms with E-state index in [0.29, 0.717) is 0 Å². The maximum Gasteiger partial charge on any atom is 0.563 e. The molecule has 0 spiro atoms. The highest BCUT2D eigenvalue weighted by Crippen LogP contribution is 2.20. The maximum absolute atomic E-state index is 10.4. The Morgan fingerprint density at radius 2 is 1.32 bits per heavy atom. The summed E-state index contributed by atoms with van der Waals surface area (Å²) in [4.78, 5) is 0. The molecular weight excluding hydrogens is 318 g/mol. The number of hydrogen-bond acceptors (Lipinski definition) is 5. The zero-order chi connectivity index (χ0) is 18.7. The van der Waals surface area contributed by atoms with Crippen molar-refractivity contribution in [3.63, 3.8) is 0 Å². The summed E-state index contributed by atoms with van der Waals surface area (Å²) in [6.07, 6.45) is 0. The van der Waals surface area contributed by atoms with Gasteiger partial charge in [0.1, 0.15) is 11.5 Å². The molecule has 0 aromatic heterocycles. The van der Waals surface area contributed by atoms with Gasteiger partial charge >= 0.3 is 14.2 Å². The first-order valence-corrected chi connectivity index (χ1v) is 8.38. The predicted molar refractivity (Wildman–Crippen MR) is 101 cm³/mol. The largest absolute Gasteiger partial charge is 0.563 e. The van der Waals surface area contributed by atoms with Crippen LogP contribution in [0, 0.1) is 0 Å². The zero-order valence-corrected chi connectivity index (χ0v) is 15.0. The summed E-state index contributed by atoms with van der Waals surface area (Å²) in [5.74, 6) is 0.512. The average molecular weight is 342 g/mol. The first-order chi connectivity index (χ1) is 11.7. The van der Waals surface area contributed by atoms with Crippen LogP contribution in [0.2, 0.25) is 0 Å². The van der Waals surface area contributed by atoms with E-state index in [0.717, 1.165) is 11.1 Å². The van der Waals surface area contributed by atoms with Crippen LogP contribution in [0.1, 0.15) is 50.7 Å². The molecule has 4 N–H and O–H groups in total. The minimum Gasteiger partial charge on any atom is -0.533 e. The second-order valence-corrected chi connectivity index (χ2v) is 6.77. The second kappa shape index (κ2) is 7.95. The van der Waals surface area contributed by atoms with E-state index in [4.69, 9.17) is 4.65 Å². The number of benzene rings is 2. The van der Waals surface area contributed by atoms with Crippen molar-refractivity contribution in [2.24, 2.45) is 0 Å². The van der Waals surface area contributed by atoms with Gasteiger partial charge in [0.15, 0.2) is 0 Å². The van der Waals surface area contributed by atoms with E-state index in [-0.39, 0.29) is 34.3 Å². The Balaban J connectivity index is 2.34. The zero-order valence-electron chi connectivity index (χ0n) is 15.0. The molecule has 2 aromatic carbocycles. The first kappa shape index (κ1) is 19.4. The van der Waals surface area contributed by atoms with Crippen molar-refractivity contribution in [3.8, 4) is 11.5 Å². The first-order valence-electron chi connectivity index (χ1n) is 8.38. The highest BCUT2D eigenvalue weighted by molar-refractivity contribution is 6.63. The van der Waals surface area contributed by atoms with Gasteiger partial charge in [0.25, 0.3) is 0 Å². The van der Waals surface area contributed by atoms with Gasteiger partial charge < -0.3 is 24.8 Å². The summed E-state index contributed by atoms with van der Waals surface area (Å²) in [5, 5.41) is 39.6. The molecule has 132 valence electrons. The molecule has 0 atom stereocenters. The Labute approximate surface area is 149 Å². The van der Waals surface area contributed by atoms with Crippen molar-refractivity contribution < 1.29 is 24.8 Å². The molecule has 0 saturated carbocycles. The van der Waals surface area contributed by atoms with Gasteiger partial charge in [-0.25, -0.2) is 0 Å². The Bertz CT molecular complexity index is 731. The molecule has 0 unspecified atom stereocenters. The quantitative estimate of drug-likeness (QED) is 0.590. The smallest absolute Gasteiger partial charge is 0.533 e. The Kier molecular flexibility index (Phi) is 6.16. The lowest BCUT2D eigenvalue weighted by molar-refractivity contribution is 0.414. The third-order valence-electron chi connectivity index (χ3n) is 4.20. The molecule has 0 aliphatic heterocycles. The summed E-state index contributed by atoms with van der Waals surface area (Å²) in [5.41, 5.74) is 2.28. The highest BCUT2D eigenvalue weighted by atomic mass is 16.5. The van der Waals surface area contributed by atoms with Crippen molar-refractivity contribution in [3.05, 3.63) is 47.5 Å². The van der Waals surface area contributed by atoms with Crippen LogP contribution in [0.15, 0.2) is 36.4 Å². The van der Waals surface area contributed by atoms with Gasteiger partial charge in [-0.1, -0.05) is 52.0 Å². The predicted octanol–water partition coefficient (Wildman–Crippen LogP) is 1.09. The van der Waals surface area contributed by atoms with Crippen LogP contribution in [-0.4, -0.2) is 34.4 Å². The fourth-order valence-electron chi connectivity index (χ4n) is 2.55. The van der Waals surface area contributed by atoms with Gasteiger partial charge in [0.05, 0.1) is 0 Å². The van der Waals surface area contributed by atoms with E-state index in [1.165, 1.54) is 6.07 Å². The Morgan fingerprint density at radius 1 is 0.800 bits per heavy atom. The van der Waals surface area contributed by atoms with Crippen molar-refractivity contribution >= 4 is 25.2 Å². The molecule has 0 aliphatic carbocycles. The van der Waals surface area contributed by atoms with Gasteiger partial charge in [0, 0.05) is 10.9 Å². The lowest BCUT2D eigenvalue weighted by atomic mass is 9.75. The minimum atomic E-state index is -1.73. The number of aromatic hydroxyl groups is 1. The van der Waals surface area contributed by atoms with Crippen LogP contribution in [-0.2, 0) is 0 Å². The molecule has 5 nitrogen and oxygen atoms in total. The van der Waals surface area contributed by atoms with Crippen molar-refractivity contribution in [2.45, 2.75) is 39.5 Å². The summed E-state index contributed by atoms with van der Waals surface area (Å²) >= 11 is 0. The van der Waals surface area contributed by atoms with E-state index >= 15 is 0 Å². The molecule has 0 bridgehead atoms. The van der Waals surface area contributed by atoms with Crippen LogP contribution in [0.3, 0.4) is 0 Å². The minimum absolute atomic E-state index is 0.0817. The highest BCUT2D eigenvalue weighted by Gasteiger charge is 2.27. The van der Waals surface area contributed by atoms with E-state index < -0.39 is 14.2 Å². The van der Waals surface area contributed by atoms with Gasteiger partial charge in [-0.2, -0.15) is 0 Å². The monoisotopic (exact) mass is 342 g/mol. The maximum atomic E-state index is 10.4. The molecule has 0 radical (unpaired) electrons. The topological polar surface area (TPSA) is 90.2 Å². The van der Waals surface area contributed by atoms with Crippen molar-refractivity contribution in [1.82, 2.24) is 0 Å². The van der Waals surface area contributed by atoms with E-state index in [2.05, 4.69) is 0 Å². The van der Waals surface area contributed by atoms with E-state index in [1.807, 2.05) is 33.8 Å². The van der Waals surface area contributed by atoms with Crippen LogP contribution in [0.4, 0.5) is 0 Å². The summed E-state index contributed by atoms with van der Waals surface area (Å²) < 4.78 is 5.52. The molecule has 2 rings (SSSR count). The SMILES string of the molecule is CC(C)c1ccc(O)c(B(O)Oc2ccc(C(C)C)cc2B(O)O)c1. The van der Waals surface area contributed by atoms with Crippen LogP contribution in [0.5, 0.6) is 11.5 Å². The number of hydrogen-bond donors (Lipinski definition) is 4. The van der Waals surface area contributed by atoms with Gasteiger partial charge in [-0.3, -0.25) is 0 Å². The number of rotatable bonds is 6. The molecule has 2 aromatic rings. The Hall–Kier alpha value is -1.95. The molecule has 7 heteroatoms. The molecular formula is C18H24B2O5. The van der Waals surface area contributed by atoms with E-state index in [1.54, 1.807) is 24.3 Å². The van der Waals surface area contributed by atoms with Crippen LogP contribution >= 0.6 is 0 Å². The van der Waals surface area contributed by atoms with Crippen LogP contribution in [0.25, 0.3) is 0 Å². The second-order valence-electron chi connectivity index (χ2n) is 6.77. The molecule has 0 amide bonds. The molecule has 0 heterocycles. The van der Waals surface area contributed by atoms with Gasteiger partial charge in [-0.05, 0) is 35.1 Å². The van der Waals surface area contributed by atoms with Crippen molar-refractivity contribution in [2.75, 3.05) is 0 Å². The lowest BCUT2D eigenvalue weighted by Crippen LogP contribution is -2.41. The van der Waals surface area contributed by atoms with Gasteiger partial charge in [-0.15, -0.1) is 0 Å². The normalized spacial score (nSPS) is 11.1. The Morgan fingerprint density at radius 3 is 1.84 bits per heavy atom. The lowest BCUT2D eigenvalue weighted by Gasteiger charge is -2.17.